The molecule has 2 aromatic heterocycles. The van der Waals surface area contributed by atoms with E-state index >= 15 is 0 Å². The highest BCUT2D eigenvalue weighted by Gasteiger charge is 2.46. The molecular weight excluding hydrogens is 466 g/mol. The second kappa shape index (κ2) is 10.2. The number of ether oxygens (including phenoxy) is 1. The van der Waals surface area contributed by atoms with Crippen LogP contribution in [0.1, 0.15) is 84.2 Å². The molecule has 3 atom stereocenters. The highest BCUT2D eigenvalue weighted by Crippen LogP contribution is 2.43. The van der Waals surface area contributed by atoms with Gasteiger partial charge in [0.1, 0.15) is 12.6 Å². The number of fused-ring (bicyclic) bond motifs is 2. The summed E-state index contributed by atoms with van der Waals surface area (Å²) in [6, 6.07) is 8.90. The van der Waals surface area contributed by atoms with Gasteiger partial charge < -0.3 is 14.5 Å². The predicted molar refractivity (Wildman–Crippen MR) is 147 cm³/mol. The molecule has 0 radical (unpaired) electrons. The summed E-state index contributed by atoms with van der Waals surface area (Å²) < 4.78 is 15.4. The fourth-order valence-corrected chi connectivity index (χ4v) is 12.3. The average molecular weight is 508 g/mol. The van der Waals surface area contributed by atoms with Crippen molar-refractivity contribution in [3.05, 3.63) is 48.0 Å². The molecular formula is C28H41N5O2Si. The number of rotatable bonds is 9. The van der Waals surface area contributed by atoms with Crippen molar-refractivity contribution in [1.82, 2.24) is 19.5 Å². The quantitative estimate of drug-likeness (QED) is 0.321. The maximum atomic E-state index is 6.83. The number of nitrogens with zero attached hydrogens (tertiary/aromatic N) is 4. The number of aromatic nitrogens is 4. The van der Waals surface area contributed by atoms with Gasteiger partial charge in [-0.1, -0.05) is 65.8 Å². The SMILES string of the molecule is CC(C)[Si](OC[C@H]1CC[C@H](n2cnc3c(N[C@H]4CCc5ccccc54)ncnc32)O1)(C(C)C)C(C)C. The number of hydrogen-bond acceptors (Lipinski definition) is 6. The summed E-state index contributed by atoms with van der Waals surface area (Å²) in [4.78, 5) is 13.9. The van der Waals surface area contributed by atoms with Gasteiger partial charge in [-0.25, -0.2) is 15.0 Å². The number of benzene rings is 1. The molecule has 5 rings (SSSR count). The summed E-state index contributed by atoms with van der Waals surface area (Å²) in [5.41, 5.74) is 6.11. The van der Waals surface area contributed by atoms with E-state index in [0.29, 0.717) is 23.2 Å². The van der Waals surface area contributed by atoms with Gasteiger partial charge in [0, 0.05) is 0 Å². The zero-order valence-corrected chi connectivity index (χ0v) is 23.6. The monoisotopic (exact) mass is 507 g/mol. The van der Waals surface area contributed by atoms with Crippen LogP contribution in [-0.4, -0.2) is 40.5 Å². The van der Waals surface area contributed by atoms with Crippen LogP contribution in [0, 0.1) is 0 Å². The van der Waals surface area contributed by atoms with Gasteiger partial charge in [-0.2, -0.15) is 0 Å². The molecule has 0 spiro atoms. The van der Waals surface area contributed by atoms with Gasteiger partial charge in [0.05, 0.1) is 25.1 Å². The third-order valence-electron chi connectivity index (χ3n) is 8.42. The molecule has 2 aliphatic rings. The number of aryl methyl sites for hydroxylation is 1. The lowest BCUT2D eigenvalue weighted by molar-refractivity contribution is -0.0188. The molecule has 0 unspecified atom stereocenters. The Kier molecular flexibility index (Phi) is 7.20. The first-order valence-electron chi connectivity index (χ1n) is 13.6. The van der Waals surface area contributed by atoms with Crippen molar-refractivity contribution in [2.45, 2.75) is 102 Å². The minimum atomic E-state index is -1.91. The maximum Gasteiger partial charge on any atom is 0.200 e. The number of nitrogens with one attached hydrogen (secondary N) is 1. The highest BCUT2D eigenvalue weighted by atomic mass is 28.4. The predicted octanol–water partition coefficient (Wildman–Crippen LogP) is 6.80. The lowest BCUT2D eigenvalue weighted by Crippen LogP contribution is -2.49. The summed E-state index contributed by atoms with van der Waals surface area (Å²) in [5.74, 6) is 0.792. The van der Waals surface area contributed by atoms with Crippen molar-refractivity contribution in [3.8, 4) is 0 Å². The first-order valence-corrected chi connectivity index (χ1v) is 15.8. The van der Waals surface area contributed by atoms with Crippen molar-refractivity contribution >= 4 is 25.3 Å². The molecule has 0 saturated carbocycles. The molecule has 1 saturated heterocycles. The lowest BCUT2D eigenvalue weighted by atomic mass is 10.1. The normalized spacial score (nSPS) is 22.3. The molecule has 1 fully saturated rings. The largest absolute Gasteiger partial charge is 0.413 e. The molecule has 1 aromatic carbocycles. The van der Waals surface area contributed by atoms with Crippen LogP contribution in [0.15, 0.2) is 36.9 Å². The van der Waals surface area contributed by atoms with Gasteiger partial charge in [-0.3, -0.25) is 4.57 Å². The first kappa shape index (κ1) is 25.4. The standard InChI is InChI=1S/C28H41N5O2Si/c1-18(2)36(19(3)4,20(5)6)34-15-22-12-14-25(35-22)33-17-31-26-27(29-16-30-28(26)33)32-24-13-11-21-9-7-8-10-23(21)24/h7-10,16-20,22,24-25H,11-15H2,1-6H3,(H,29,30,32)/t22-,24+,25-/m1/s1. The Balaban J connectivity index is 1.29. The second-order valence-corrected chi connectivity index (χ2v) is 16.9. The minimum Gasteiger partial charge on any atom is -0.413 e. The number of anilines is 1. The molecule has 0 amide bonds. The van der Waals surface area contributed by atoms with E-state index in [2.05, 4.69) is 85.7 Å². The smallest absolute Gasteiger partial charge is 0.200 e. The summed E-state index contributed by atoms with van der Waals surface area (Å²) in [6.45, 7) is 14.7. The van der Waals surface area contributed by atoms with Gasteiger partial charge in [0.2, 0.25) is 0 Å². The third-order valence-corrected chi connectivity index (χ3v) is 14.5. The van der Waals surface area contributed by atoms with Crippen LogP contribution in [0.3, 0.4) is 0 Å². The van der Waals surface area contributed by atoms with E-state index in [1.807, 2.05) is 6.33 Å². The fraction of sp³-hybridized carbons (Fsp3) is 0.607. The van der Waals surface area contributed by atoms with E-state index in [4.69, 9.17) is 14.1 Å². The van der Waals surface area contributed by atoms with Crippen LogP contribution >= 0.6 is 0 Å². The van der Waals surface area contributed by atoms with Crippen molar-refractivity contribution in [2.24, 2.45) is 0 Å². The van der Waals surface area contributed by atoms with E-state index in [0.717, 1.165) is 42.7 Å². The van der Waals surface area contributed by atoms with Gasteiger partial charge in [0.25, 0.3) is 0 Å². The number of hydrogen-bond donors (Lipinski definition) is 1. The number of imidazole rings is 1. The zero-order chi connectivity index (χ0) is 25.4. The summed E-state index contributed by atoms with van der Waals surface area (Å²) in [6.07, 6.45) is 7.58. The molecule has 7 nitrogen and oxygen atoms in total. The summed E-state index contributed by atoms with van der Waals surface area (Å²) in [7, 11) is -1.91. The Morgan fingerprint density at radius 3 is 2.50 bits per heavy atom. The van der Waals surface area contributed by atoms with Crippen molar-refractivity contribution in [2.75, 3.05) is 11.9 Å². The van der Waals surface area contributed by atoms with E-state index < -0.39 is 8.32 Å². The van der Waals surface area contributed by atoms with Crippen LogP contribution in [0.4, 0.5) is 5.82 Å². The third kappa shape index (κ3) is 4.48. The Labute approximate surface area is 216 Å². The Morgan fingerprint density at radius 2 is 1.75 bits per heavy atom. The molecule has 1 aliphatic carbocycles. The molecule has 3 heterocycles. The summed E-state index contributed by atoms with van der Waals surface area (Å²) >= 11 is 0. The van der Waals surface area contributed by atoms with Gasteiger partial charge >= 0.3 is 0 Å². The first-order chi connectivity index (χ1) is 17.3. The Morgan fingerprint density at radius 1 is 1.00 bits per heavy atom. The highest BCUT2D eigenvalue weighted by molar-refractivity contribution is 6.77. The molecule has 194 valence electrons. The van der Waals surface area contributed by atoms with Gasteiger partial charge in [-0.15, -0.1) is 0 Å². The van der Waals surface area contributed by atoms with Crippen molar-refractivity contribution in [3.63, 3.8) is 0 Å². The molecule has 36 heavy (non-hydrogen) atoms. The van der Waals surface area contributed by atoms with Crippen LogP contribution < -0.4 is 5.32 Å². The lowest BCUT2D eigenvalue weighted by Gasteiger charge is -2.42. The molecule has 0 bridgehead atoms. The van der Waals surface area contributed by atoms with Crippen molar-refractivity contribution < 1.29 is 9.16 Å². The van der Waals surface area contributed by atoms with E-state index in [9.17, 15) is 0 Å². The van der Waals surface area contributed by atoms with E-state index in [1.54, 1.807) is 6.33 Å². The fourth-order valence-electron chi connectivity index (χ4n) is 6.79. The van der Waals surface area contributed by atoms with Gasteiger partial charge in [0.15, 0.2) is 25.3 Å². The topological polar surface area (TPSA) is 74.1 Å². The van der Waals surface area contributed by atoms with Crippen LogP contribution in [0.25, 0.3) is 11.2 Å². The van der Waals surface area contributed by atoms with Crippen molar-refractivity contribution in [1.29, 1.82) is 0 Å². The molecule has 8 heteroatoms. The van der Waals surface area contributed by atoms with Crippen LogP contribution in [-0.2, 0) is 15.6 Å². The maximum absolute atomic E-state index is 6.83. The zero-order valence-electron chi connectivity index (χ0n) is 22.6. The van der Waals surface area contributed by atoms with E-state index in [-0.39, 0.29) is 18.4 Å². The van der Waals surface area contributed by atoms with Crippen LogP contribution in [0.2, 0.25) is 16.6 Å². The average Bonchev–Trinajstić information content (AvgIpc) is 3.58. The van der Waals surface area contributed by atoms with Crippen LogP contribution in [0.5, 0.6) is 0 Å². The van der Waals surface area contributed by atoms with Gasteiger partial charge in [-0.05, 0) is 53.4 Å². The molecule has 1 N–H and O–H groups in total. The van der Waals surface area contributed by atoms with E-state index in [1.165, 1.54) is 11.1 Å². The molecule has 3 aromatic rings. The minimum absolute atomic E-state index is 0.0771. The second-order valence-electron chi connectivity index (χ2n) is 11.4. The Hall–Kier alpha value is -2.29. The Bertz CT molecular complexity index is 1170. The molecule has 1 aliphatic heterocycles. The summed E-state index contributed by atoms with van der Waals surface area (Å²) in [5, 5.41) is 3.64.